The van der Waals surface area contributed by atoms with Gasteiger partial charge in [-0.2, -0.15) is 0 Å². The summed E-state index contributed by atoms with van der Waals surface area (Å²) in [5.74, 6) is 1.09. The van der Waals surface area contributed by atoms with Crippen LogP contribution in [0.5, 0.6) is 0 Å². The van der Waals surface area contributed by atoms with Crippen LogP contribution >= 0.6 is 0 Å². The average Bonchev–Trinajstić information content (AvgIpc) is 2.60. The minimum atomic E-state index is -0.0724. The molecule has 1 aliphatic rings. The van der Waals surface area contributed by atoms with Crippen LogP contribution in [0, 0.1) is 5.41 Å². The number of nitrogens with zero attached hydrogens (tertiary/aromatic N) is 4. The zero-order valence-corrected chi connectivity index (χ0v) is 10.6. The fourth-order valence-corrected chi connectivity index (χ4v) is 2.04. The maximum absolute atomic E-state index is 6.26. The van der Waals surface area contributed by atoms with Crippen molar-refractivity contribution in [3.8, 4) is 0 Å². The number of hydrogen-bond acceptors (Lipinski definition) is 4. The van der Waals surface area contributed by atoms with Gasteiger partial charge < -0.3 is 10.6 Å². The molecule has 0 amide bonds. The third-order valence-corrected chi connectivity index (χ3v) is 3.19. The van der Waals surface area contributed by atoms with E-state index in [2.05, 4.69) is 43.0 Å². The van der Waals surface area contributed by atoms with Gasteiger partial charge in [0.25, 0.3) is 0 Å². The Morgan fingerprint density at radius 3 is 2.62 bits per heavy atom. The van der Waals surface area contributed by atoms with E-state index in [1.54, 1.807) is 0 Å². The maximum Gasteiger partial charge on any atom is 0.152 e. The second-order valence-electron chi connectivity index (χ2n) is 5.64. The van der Waals surface area contributed by atoms with Gasteiger partial charge in [0.05, 0.1) is 6.04 Å². The van der Waals surface area contributed by atoms with Crippen LogP contribution < -0.4 is 10.6 Å². The number of nitrogens with two attached hydrogens (primary N) is 1. The third kappa shape index (κ3) is 1.80. The summed E-state index contributed by atoms with van der Waals surface area (Å²) in [7, 11) is 2.08. The predicted molar refractivity (Wildman–Crippen MR) is 64.3 cm³/mol. The third-order valence-electron chi connectivity index (χ3n) is 3.19. The molecule has 1 aromatic heterocycles. The number of rotatable bonds is 1. The Kier molecular flexibility index (Phi) is 2.66. The molecule has 0 saturated heterocycles. The fourth-order valence-electron chi connectivity index (χ4n) is 2.04. The smallest absolute Gasteiger partial charge is 0.152 e. The Morgan fingerprint density at radius 2 is 2.00 bits per heavy atom. The van der Waals surface area contributed by atoms with Crippen molar-refractivity contribution in [1.82, 2.24) is 15.0 Å². The molecular weight excluding hydrogens is 202 g/mol. The van der Waals surface area contributed by atoms with Gasteiger partial charge in [-0.15, -0.1) is 5.10 Å². The highest BCUT2D eigenvalue weighted by Crippen LogP contribution is 2.35. The second kappa shape index (κ2) is 3.73. The van der Waals surface area contributed by atoms with Crippen molar-refractivity contribution < 1.29 is 0 Å². The molecule has 0 fully saturated rings. The molecule has 5 heteroatoms. The molecule has 0 aliphatic carbocycles. The summed E-state index contributed by atoms with van der Waals surface area (Å²) in [6, 6.07) is -0.0724. The molecule has 2 heterocycles. The van der Waals surface area contributed by atoms with Crippen LogP contribution in [0.15, 0.2) is 0 Å². The first-order chi connectivity index (χ1) is 7.41. The Bertz CT molecular complexity index is 376. The van der Waals surface area contributed by atoms with Gasteiger partial charge >= 0.3 is 0 Å². The number of hydrogen-bond donors (Lipinski definition) is 1. The largest absolute Gasteiger partial charge is 0.358 e. The summed E-state index contributed by atoms with van der Waals surface area (Å²) < 4.78 is 1.96. The molecule has 0 spiro atoms. The molecule has 0 radical (unpaired) electrons. The highest BCUT2D eigenvalue weighted by molar-refractivity contribution is 5.46. The van der Waals surface area contributed by atoms with Gasteiger partial charge in [-0.05, 0) is 11.8 Å². The summed E-state index contributed by atoms with van der Waals surface area (Å²) in [6.07, 6.45) is 1.12. The standard InChI is InChI=1S/C11H21N5/c1-11(2,3)9(12)8-10-15(4)6-5-7-16(10)14-13-8/h9H,5-7,12H2,1-4H3. The van der Waals surface area contributed by atoms with E-state index >= 15 is 0 Å². The SMILES string of the molecule is CN1CCCn2nnc(C(N)C(C)(C)C)c21. The number of fused-ring (bicyclic) bond motifs is 1. The van der Waals surface area contributed by atoms with Crippen molar-refractivity contribution in [3.63, 3.8) is 0 Å². The van der Waals surface area contributed by atoms with E-state index in [9.17, 15) is 0 Å². The quantitative estimate of drug-likeness (QED) is 0.776. The van der Waals surface area contributed by atoms with Crippen LogP contribution in [0.3, 0.4) is 0 Å². The lowest BCUT2D eigenvalue weighted by Crippen LogP contribution is -2.32. The number of aromatic nitrogens is 3. The first-order valence-corrected chi connectivity index (χ1v) is 5.81. The molecule has 0 aromatic carbocycles. The molecule has 16 heavy (non-hydrogen) atoms. The lowest BCUT2D eigenvalue weighted by molar-refractivity contribution is 0.321. The lowest BCUT2D eigenvalue weighted by atomic mass is 9.85. The van der Waals surface area contributed by atoms with Crippen molar-refractivity contribution in [2.45, 2.75) is 39.8 Å². The van der Waals surface area contributed by atoms with Crippen LogP contribution in [0.4, 0.5) is 5.82 Å². The average molecular weight is 223 g/mol. The van der Waals surface area contributed by atoms with Crippen molar-refractivity contribution in [2.75, 3.05) is 18.5 Å². The highest BCUT2D eigenvalue weighted by Gasteiger charge is 2.31. The fraction of sp³-hybridized carbons (Fsp3) is 0.818. The Morgan fingerprint density at radius 1 is 1.31 bits per heavy atom. The van der Waals surface area contributed by atoms with Gasteiger partial charge in [0.1, 0.15) is 5.69 Å². The van der Waals surface area contributed by atoms with Gasteiger partial charge in [0.15, 0.2) is 5.82 Å². The van der Waals surface area contributed by atoms with Gasteiger partial charge in [-0.3, -0.25) is 0 Å². The maximum atomic E-state index is 6.26. The van der Waals surface area contributed by atoms with E-state index < -0.39 is 0 Å². The summed E-state index contributed by atoms with van der Waals surface area (Å²) in [6.45, 7) is 8.39. The molecule has 1 unspecified atom stereocenters. The van der Waals surface area contributed by atoms with E-state index in [1.165, 1.54) is 0 Å². The van der Waals surface area contributed by atoms with Crippen LogP contribution in [-0.4, -0.2) is 28.6 Å². The molecule has 1 aromatic rings. The molecular formula is C11H21N5. The zero-order chi connectivity index (χ0) is 11.9. The van der Waals surface area contributed by atoms with E-state index in [0.717, 1.165) is 31.0 Å². The lowest BCUT2D eigenvalue weighted by Gasteiger charge is -2.30. The molecule has 0 bridgehead atoms. The van der Waals surface area contributed by atoms with Crippen LogP contribution in [0.2, 0.25) is 0 Å². The first kappa shape index (κ1) is 11.4. The van der Waals surface area contributed by atoms with Gasteiger partial charge in [-0.1, -0.05) is 26.0 Å². The van der Waals surface area contributed by atoms with E-state index in [-0.39, 0.29) is 11.5 Å². The molecule has 5 nitrogen and oxygen atoms in total. The number of aryl methyl sites for hydroxylation is 1. The van der Waals surface area contributed by atoms with Crippen LogP contribution in [0.25, 0.3) is 0 Å². The summed E-state index contributed by atoms with van der Waals surface area (Å²) in [5.41, 5.74) is 7.20. The zero-order valence-electron chi connectivity index (χ0n) is 10.6. The van der Waals surface area contributed by atoms with Crippen molar-refractivity contribution in [3.05, 3.63) is 5.69 Å². The van der Waals surface area contributed by atoms with Crippen molar-refractivity contribution in [1.29, 1.82) is 0 Å². The van der Waals surface area contributed by atoms with Crippen molar-refractivity contribution >= 4 is 5.82 Å². The summed E-state index contributed by atoms with van der Waals surface area (Å²) >= 11 is 0. The Labute approximate surface area is 96.6 Å². The normalized spacial score (nSPS) is 18.4. The molecule has 2 rings (SSSR count). The summed E-state index contributed by atoms with van der Waals surface area (Å²) in [4.78, 5) is 2.20. The summed E-state index contributed by atoms with van der Waals surface area (Å²) in [5, 5.41) is 8.45. The van der Waals surface area contributed by atoms with Crippen LogP contribution in [-0.2, 0) is 6.54 Å². The molecule has 1 atom stereocenters. The van der Waals surface area contributed by atoms with Gasteiger partial charge in [0, 0.05) is 20.1 Å². The number of anilines is 1. The Balaban J connectivity index is 2.40. The minimum Gasteiger partial charge on any atom is -0.358 e. The van der Waals surface area contributed by atoms with Gasteiger partial charge in [0.2, 0.25) is 0 Å². The van der Waals surface area contributed by atoms with E-state index in [1.807, 2.05) is 4.68 Å². The Hall–Kier alpha value is -1.10. The highest BCUT2D eigenvalue weighted by atomic mass is 15.5. The first-order valence-electron chi connectivity index (χ1n) is 5.81. The molecule has 90 valence electrons. The van der Waals surface area contributed by atoms with E-state index in [4.69, 9.17) is 5.73 Å². The van der Waals surface area contributed by atoms with Crippen molar-refractivity contribution in [2.24, 2.45) is 11.1 Å². The second-order valence-corrected chi connectivity index (χ2v) is 5.64. The predicted octanol–water partition coefficient (Wildman–Crippen LogP) is 1.16. The minimum absolute atomic E-state index is 0.00957. The van der Waals surface area contributed by atoms with E-state index in [0.29, 0.717) is 0 Å². The van der Waals surface area contributed by atoms with Crippen LogP contribution in [0.1, 0.15) is 38.9 Å². The topological polar surface area (TPSA) is 60.0 Å². The molecule has 2 N–H and O–H groups in total. The molecule has 0 saturated carbocycles. The monoisotopic (exact) mass is 223 g/mol. The van der Waals surface area contributed by atoms with Gasteiger partial charge in [-0.25, -0.2) is 4.68 Å². The molecule has 1 aliphatic heterocycles.